The summed E-state index contributed by atoms with van der Waals surface area (Å²) in [5, 5.41) is 0.644. The van der Waals surface area contributed by atoms with E-state index in [2.05, 4.69) is 45.6 Å². The first-order valence-corrected chi connectivity index (χ1v) is 9.48. The van der Waals surface area contributed by atoms with E-state index in [1.807, 2.05) is 11.8 Å². The smallest absolute Gasteiger partial charge is 0.226 e. The maximum Gasteiger partial charge on any atom is 0.226 e. The molecule has 2 aliphatic rings. The van der Waals surface area contributed by atoms with Gasteiger partial charge in [-0.3, -0.25) is 4.79 Å². The monoisotopic (exact) mass is 309 g/mol. The van der Waals surface area contributed by atoms with Crippen LogP contribution in [0.4, 0.5) is 0 Å². The van der Waals surface area contributed by atoms with Crippen LogP contribution in [0.3, 0.4) is 0 Å². The van der Waals surface area contributed by atoms with Crippen molar-refractivity contribution in [1.29, 1.82) is 0 Å². The van der Waals surface area contributed by atoms with Crippen LogP contribution in [0.2, 0.25) is 0 Å². The van der Waals surface area contributed by atoms with Gasteiger partial charge in [0.15, 0.2) is 0 Å². The summed E-state index contributed by atoms with van der Waals surface area (Å²) < 4.78 is 0. The lowest BCUT2D eigenvalue weighted by molar-refractivity contribution is -0.133. The molecule has 1 heterocycles. The largest absolute Gasteiger partial charge is 0.341 e. The van der Waals surface area contributed by atoms with Crippen molar-refractivity contribution >= 4 is 17.7 Å². The molecule has 2 rings (SSSR count). The molecule has 0 aromatic carbocycles. The summed E-state index contributed by atoms with van der Waals surface area (Å²) >= 11 is 2.02. The summed E-state index contributed by atoms with van der Waals surface area (Å²) in [7, 11) is 0. The molecule has 0 radical (unpaired) electrons. The highest BCUT2D eigenvalue weighted by Gasteiger charge is 2.61. The van der Waals surface area contributed by atoms with E-state index < -0.39 is 0 Å². The molecule has 1 saturated carbocycles. The van der Waals surface area contributed by atoms with Crippen molar-refractivity contribution in [3.05, 3.63) is 11.6 Å². The van der Waals surface area contributed by atoms with Gasteiger partial charge in [-0.2, -0.15) is 11.8 Å². The van der Waals surface area contributed by atoms with E-state index in [0.29, 0.717) is 17.1 Å². The SMILES string of the molecule is CCS[C@@H]1CCCCN(C(=O)[C@@H]2[C@@H](C=C(C)C)C2(C)C)C1. The lowest BCUT2D eigenvalue weighted by Crippen LogP contribution is -2.37. The molecule has 0 aromatic rings. The summed E-state index contributed by atoms with van der Waals surface area (Å²) in [6, 6.07) is 0. The predicted molar refractivity (Wildman–Crippen MR) is 92.5 cm³/mol. The van der Waals surface area contributed by atoms with Gasteiger partial charge in [0, 0.05) is 18.3 Å². The Bertz CT molecular complexity index is 411. The summed E-state index contributed by atoms with van der Waals surface area (Å²) in [5.74, 6) is 2.21. The van der Waals surface area contributed by atoms with E-state index in [0.717, 1.165) is 18.8 Å². The Morgan fingerprint density at radius 3 is 2.67 bits per heavy atom. The molecular weight excluding hydrogens is 278 g/mol. The fraction of sp³-hybridized carbons (Fsp3) is 0.833. The Labute approximate surface area is 134 Å². The predicted octanol–water partition coefficient (Wildman–Crippen LogP) is 4.36. The molecule has 3 heteroatoms. The first-order chi connectivity index (χ1) is 9.87. The van der Waals surface area contributed by atoms with Crippen LogP contribution in [-0.2, 0) is 4.79 Å². The molecule has 1 amide bonds. The van der Waals surface area contributed by atoms with Crippen molar-refractivity contribution in [1.82, 2.24) is 4.90 Å². The van der Waals surface area contributed by atoms with Crippen LogP contribution < -0.4 is 0 Å². The average molecular weight is 310 g/mol. The first-order valence-electron chi connectivity index (χ1n) is 8.43. The highest BCUT2D eigenvalue weighted by Crippen LogP contribution is 2.60. The Kier molecular flexibility index (Phi) is 5.45. The Morgan fingerprint density at radius 2 is 2.05 bits per heavy atom. The second kappa shape index (κ2) is 6.76. The van der Waals surface area contributed by atoms with E-state index in [4.69, 9.17) is 0 Å². The number of allylic oxidation sites excluding steroid dienone is 2. The molecular formula is C18H31NOS. The third-order valence-corrected chi connectivity index (χ3v) is 6.22. The van der Waals surface area contributed by atoms with Crippen LogP contribution in [0.15, 0.2) is 11.6 Å². The van der Waals surface area contributed by atoms with Gasteiger partial charge in [-0.1, -0.05) is 38.8 Å². The lowest BCUT2D eigenvalue weighted by Gasteiger charge is -2.25. The van der Waals surface area contributed by atoms with Gasteiger partial charge in [0.05, 0.1) is 5.92 Å². The Hall–Kier alpha value is -0.440. The van der Waals surface area contributed by atoms with Gasteiger partial charge in [0.2, 0.25) is 5.91 Å². The number of nitrogens with zero attached hydrogens (tertiary/aromatic N) is 1. The maximum absolute atomic E-state index is 13.0. The number of hydrogen-bond donors (Lipinski definition) is 0. The van der Waals surface area contributed by atoms with E-state index in [1.165, 1.54) is 24.8 Å². The number of hydrogen-bond acceptors (Lipinski definition) is 2. The normalized spacial score (nSPS) is 31.5. The zero-order chi connectivity index (χ0) is 15.6. The van der Waals surface area contributed by atoms with Crippen LogP contribution in [0.5, 0.6) is 0 Å². The van der Waals surface area contributed by atoms with Gasteiger partial charge >= 0.3 is 0 Å². The molecule has 3 atom stereocenters. The molecule has 0 unspecified atom stereocenters. The summed E-state index contributed by atoms with van der Waals surface area (Å²) in [5.41, 5.74) is 1.48. The third-order valence-electron chi connectivity index (χ3n) is 5.03. The fourth-order valence-electron chi connectivity index (χ4n) is 3.69. The molecule has 120 valence electrons. The zero-order valence-corrected chi connectivity index (χ0v) is 15.1. The standard InChI is InChI=1S/C18H31NOS/c1-6-21-14-9-7-8-10-19(12-14)17(20)16-15(11-13(2)3)18(16,4)5/h11,14-16H,6-10,12H2,1-5H3/t14-,15-,16+/m1/s1. The van der Waals surface area contributed by atoms with Crippen molar-refractivity contribution in [2.24, 2.45) is 17.3 Å². The van der Waals surface area contributed by atoms with Crippen molar-refractivity contribution in [3.63, 3.8) is 0 Å². The van der Waals surface area contributed by atoms with E-state index in [-0.39, 0.29) is 11.3 Å². The molecule has 2 fully saturated rings. The quantitative estimate of drug-likeness (QED) is 0.719. The van der Waals surface area contributed by atoms with Crippen molar-refractivity contribution in [2.75, 3.05) is 18.8 Å². The molecule has 2 nitrogen and oxygen atoms in total. The molecule has 1 aliphatic heterocycles. The number of rotatable bonds is 4. The fourth-order valence-corrected chi connectivity index (χ4v) is 4.78. The zero-order valence-electron chi connectivity index (χ0n) is 14.3. The maximum atomic E-state index is 13.0. The molecule has 0 bridgehead atoms. The Morgan fingerprint density at radius 1 is 1.33 bits per heavy atom. The summed E-state index contributed by atoms with van der Waals surface area (Å²) in [6.07, 6.45) is 6.02. The topological polar surface area (TPSA) is 20.3 Å². The molecule has 0 N–H and O–H groups in total. The van der Waals surface area contributed by atoms with Crippen LogP contribution in [0.1, 0.15) is 53.9 Å². The van der Waals surface area contributed by atoms with Gasteiger partial charge in [-0.25, -0.2) is 0 Å². The first kappa shape index (κ1) is 16.9. The van der Waals surface area contributed by atoms with Crippen LogP contribution in [0, 0.1) is 17.3 Å². The van der Waals surface area contributed by atoms with Crippen molar-refractivity contribution in [2.45, 2.75) is 59.1 Å². The Balaban J connectivity index is 2.03. The van der Waals surface area contributed by atoms with Crippen LogP contribution in [0.25, 0.3) is 0 Å². The minimum absolute atomic E-state index is 0.147. The second-order valence-electron chi connectivity index (χ2n) is 7.43. The number of likely N-dealkylation sites (tertiary alicyclic amines) is 1. The van der Waals surface area contributed by atoms with Gasteiger partial charge in [-0.05, 0) is 43.8 Å². The van der Waals surface area contributed by atoms with E-state index in [9.17, 15) is 4.79 Å². The highest BCUT2D eigenvalue weighted by atomic mass is 32.2. The van der Waals surface area contributed by atoms with Gasteiger partial charge in [-0.15, -0.1) is 0 Å². The minimum Gasteiger partial charge on any atom is -0.341 e. The van der Waals surface area contributed by atoms with Gasteiger partial charge in [0.1, 0.15) is 0 Å². The molecule has 0 spiro atoms. The summed E-state index contributed by atoms with van der Waals surface area (Å²) in [6.45, 7) is 12.9. The highest BCUT2D eigenvalue weighted by molar-refractivity contribution is 7.99. The number of thioether (sulfide) groups is 1. The van der Waals surface area contributed by atoms with E-state index in [1.54, 1.807) is 0 Å². The molecule has 1 saturated heterocycles. The summed E-state index contributed by atoms with van der Waals surface area (Å²) in [4.78, 5) is 15.1. The third kappa shape index (κ3) is 3.85. The number of carbonyl (C=O) groups is 1. The number of carbonyl (C=O) groups excluding carboxylic acids is 1. The second-order valence-corrected chi connectivity index (χ2v) is 9.00. The van der Waals surface area contributed by atoms with Crippen molar-refractivity contribution in [3.8, 4) is 0 Å². The van der Waals surface area contributed by atoms with Gasteiger partial charge in [0.25, 0.3) is 0 Å². The molecule has 21 heavy (non-hydrogen) atoms. The van der Waals surface area contributed by atoms with Gasteiger partial charge < -0.3 is 4.90 Å². The molecule has 0 aromatic heterocycles. The average Bonchev–Trinajstić information content (AvgIpc) is 3.01. The lowest BCUT2D eigenvalue weighted by atomic mass is 10.1. The molecule has 1 aliphatic carbocycles. The van der Waals surface area contributed by atoms with Crippen molar-refractivity contribution < 1.29 is 4.79 Å². The minimum atomic E-state index is 0.147. The number of amides is 1. The van der Waals surface area contributed by atoms with E-state index >= 15 is 0 Å². The van der Waals surface area contributed by atoms with Crippen LogP contribution >= 0.6 is 11.8 Å². The van der Waals surface area contributed by atoms with Crippen LogP contribution in [-0.4, -0.2) is 34.9 Å².